The van der Waals surface area contributed by atoms with E-state index in [-0.39, 0.29) is 35.2 Å². The smallest absolute Gasteiger partial charge is 0.221 e. The number of hydrogen-bond donors (Lipinski definition) is 2. The van der Waals surface area contributed by atoms with E-state index in [0.29, 0.717) is 5.52 Å². The topological polar surface area (TPSA) is 49.8 Å². The van der Waals surface area contributed by atoms with Gasteiger partial charge in [0.05, 0.1) is 5.52 Å². The fourth-order valence-corrected chi connectivity index (χ4v) is 2.30. The lowest BCUT2D eigenvalue weighted by Gasteiger charge is -2.09. The molecule has 0 aliphatic rings. The first-order chi connectivity index (χ1) is 9.40. The maximum atomic E-state index is 13.8. The van der Waals surface area contributed by atoms with Crippen molar-refractivity contribution in [1.29, 1.82) is 0 Å². The van der Waals surface area contributed by atoms with Crippen molar-refractivity contribution >= 4 is 29.2 Å². The summed E-state index contributed by atoms with van der Waals surface area (Å²) in [5, 5.41) is 2.73. The lowest BCUT2D eigenvalue weighted by atomic mass is 10.2. The zero-order valence-electron chi connectivity index (χ0n) is 11.2. The number of amides is 1. The first kappa shape index (κ1) is 14.6. The molecule has 1 aromatic carbocycles. The van der Waals surface area contributed by atoms with Crippen LogP contribution in [0.5, 0.6) is 0 Å². The van der Waals surface area contributed by atoms with E-state index in [2.05, 4.69) is 10.3 Å². The SMILES string of the molecule is CC(C)NC(=O)CCn1c(=S)[nH]c2ccc(F)c(F)c21. The van der Waals surface area contributed by atoms with E-state index in [1.165, 1.54) is 10.6 Å². The summed E-state index contributed by atoms with van der Waals surface area (Å²) < 4.78 is 28.8. The first-order valence-corrected chi connectivity index (χ1v) is 6.67. The molecule has 108 valence electrons. The van der Waals surface area contributed by atoms with Gasteiger partial charge in [-0.2, -0.15) is 0 Å². The van der Waals surface area contributed by atoms with Crippen LogP contribution in [-0.4, -0.2) is 21.5 Å². The highest BCUT2D eigenvalue weighted by atomic mass is 32.1. The Hall–Kier alpha value is -1.76. The number of carbonyl (C=O) groups excluding carboxylic acids is 1. The minimum absolute atomic E-state index is 0.0348. The zero-order chi connectivity index (χ0) is 14.9. The summed E-state index contributed by atoms with van der Waals surface area (Å²) in [5.74, 6) is -2.06. The molecule has 0 saturated carbocycles. The summed E-state index contributed by atoms with van der Waals surface area (Å²) in [6, 6.07) is 2.50. The molecule has 0 fully saturated rings. The fourth-order valence-electron chi connectivity index (χ4n) is 2.01. The van der Waals surface area contributed by atoms with Crippen LogP contribution in [-0.2, 0) is 11.3 Å². The molecule has 0 spiro atoms. The molecule has 1 aromatic heterocycles. The van der Waals surface area contributed by atoms with Crippen molar-refractivity contribution in [3.05, 3.63) is 28.5 Å². The molecule has 1 heterocycles. The lowest BCUT2D eigenvalue weighted by Crippen LogP contribution is -2.30. The van der Waals surface area contributed by atoms with E-state index >= 15 is 0 Å². The molecule has 0 aliphatic heterocycles. The number of aryl methyl sites for hydroxylation is 1. The third kappa shape index (κ3) is 2.87. The Bertz CT molecular complexity index is 705. The van der Waals surface area contributed by atoms with Gasteiger partial charge in [-0.05, 0) is 38.2 Å². The zero-order valence-corrected chi connectivity index (χ0v) is 12.0. The number of H-pyrrole nitrogens is 1. The van der Waals surface area contributed by atoms with Gasteiger partial charge in [-0.25, -0.2) is 8.78 Å². The minimum atomic E-state index is -0.959. The Morgan fingerprint density at radius 3 is 2.80 bits per heavy atom. The van der Waals surface area contributed by atoms with Crippen molar-refractivity contribution in [1.82, 2.24) is 14.9 Å². The monoisotopic (exact) mass is 299 g/mol. The molecule has 0 bridgehead atoms. The highest BCUT2D eigenvalue weighted by molar-refractivity contribution is 7.71. The van der Waals surface area contributed by atoms with Gasteiger partial charge >= 0.3 is 0 Å². The van der Waals surface area contributed by atoms with Gasteiger partial charge in [-0.15, -0.1) is 0 Å². The summed E-state index contributed by atoms with van der Waals surface area (Å²) in [4.78, 5) is 14.4. The Morgan fingerprint density at radius 2 is 2.15 bits per heavy atom. The third-order valence-corrected chi connectivity index (χ3v) is 3.16. The Balaban J connectivity index is 2.30. The minimum Gasteiger partial charge on any atom is -0.354 e. The summed E-state index contributed by atoms with van der Waals surface area (Å²) in [7, 11) is 0. The number of halogens is 2. The Kier molecular flexibility index (Phi) is 4.17. The molecule has 0 atom stereocenters. The Morgan fingerprint density at radius 1 is 1.45 bits per heavy atom. The number of aromatic nitrogens is 2. The molecule has 1 amide bonds. The number of nitrogens with zero attached hydrogens (tertiary/aromatic N) is 1. The van der Waals surface area contributed by atoms with E-state index in [1.54, 1.807) is 0 Å². The van der Waals surface area contributed by atoms with E-state index in [1.807, 2.05) is 13.8 Å². The Labute approximate surface area is 119 Å². The molecule has 0 saturated heterocycles. The van der Waals surface area contributed by atoms with E-state index in [4.69, 9.17) is 12.2 Å². The molecule has 7 heteroatoms. The van der Waals surface area contributed by atoms with E-state index in [9.17, 15) is 13.6 Å². The molecule has 2 N–H and O–H groups in total. The normalized spacial score (nSPS) is 11.2. The molecule has 0 radical (unpaired) electrons. The van der Waals surface area contributed by atoms with Gasteiger partial charge in [0.2, 0.25) is 5.91 Å². The van der Waals surface area contributed by atoms with E-state index in [0.717, 1.165) is 6.07 Å². The van der Waals surface area contributed by atoms with Crippen molar-refractivity contribution in [2.45, 2.75) is 32.9 Å². The van der Waals surface area contributed by atoms with Crippen LogP contribution < -0.4 is 5.32 Å². The van der Waals surface area contributed by atoms with Crippen molar-refractivity contribution in [2.24, 2.45) is 0 Å². The second kappa shape index (κ2) is 5.70. The van der Waals surface area contributed by atoms with Gasteiger partial charge in [0.25, 0.3) is 0 Å². The second-order valence-corrected chi connectivity index (χ2v) is 5.20. The lowest BCUT2D eigenvalue weighted by molar-refractivity contribution is -0.121. The van der Waals surface area contributed by atoms with E-state index < -0.39 is 11.6 Å². The van der Waals surface area contributed by atoms with Gasteiger partial charge in [0.1, 0.15) is 5.52 Å². The number of benzene rings is 1. The number of carbonyl (C=O) groups is 1. The van der Waals surface area contributed by atoms with Gasteiger partial charge in [0, 0.05) is 19.0 Å². The van der Waals surface area contributed by atoms with Gasteiger partial charge in [-0.3, -0.25) is 4.79 Å². The number of hydrogen-bond acceptors (Lipinski definition) is 2. The number of aromatic amines is 1. The molecule has 0 unspecified atom stereocenters. The van der Waals surface area contributed by atoms with Crippen LogP contribution >= 0.6 is 12.2 Å². The molecule has 0 aliphatic carbocycles. The quantitative estimate of drug-likeness (QED) is 0.853. The first-order valence-electron chi connectivity index (χ1n) is 6.26. The standard InChI is InChI=1S/C13H15F2N3OS/c1-7(2)16-10(19)5-6-18-12-9(17-13(18)20)4-3-8(14)11(12)15/h3-4,7H,5-6H2,1-2H3,(H,16,19)(H,17,20). The molecule has 2 rings (SSSR count). The number of fused-ring (bicyclic) bond motifs is 1. The van der Waals surface area contributed by atoms with Crippen LogP contribution in [0.1, 0.15) is 20.3 Å². The van der Waals surface area contributed by atoms with Crippen molar-refractivity contribution in [2.75, 3.05) is 0 Å². The van der Waals surface area contributed by atoms with Gasteiger partial charge < -0.3 is 14.9 Å². The molecular weight excluding hydrogens is 284 g/mol. The summed E-state index contributed by atoms with van der Waals surface area (Å²) in [5.41, 5.74) is 0.477. The second-order valence-electron chi connectivity index (χ2n) is 4.81. The number of imidazole rings is 1. The summed E-state index contributed by atoms with van der Waals surface area (Å²) >= 11 is 5.08. The maximum Gasteiger partial charge on any atom is 0.221 e. The van der Waals surface area contributed by atoms with Crippen molar-refractivity contribution in [3.63, 3.8) is 0 Å². The predicted molar refractivity (Wildman–Crippen MR) is 74.9 cm³/mol. The molecule has 4 nitrogen and oxygen atoms in total. The molecule has 2 aromatic rings. The summed E-state index contributed by atoms with van der Waals surface area (Å²) in [6.45, 7) is 3.90. The molecular formula is C13H15F2N3OS. The van der Waals surface area contributed by atoms with Crippen LogP contribution in [0.3, 0.4) is 0 Å². The maximum absolute atomic E-state index is 13.8. The van der Waals surface area contributed by atoms with Crippen LogP contribution in [0.15, 0.2) is 12.1 Å². The average molecular weight is 299 g/mol. The third-order valence-electron chi connectivity index (χ3n) is 2.84. The van der Waals surface area contributed by atoms with Crippen molar-refractivity contribution < 1.29 is 13.6 Å². The number of rotatable bonds is 4. The largest absolute Gasteiger partial charge is 0.354 e. The van der Waals surface area contributed by atoms with Crippen LogP contribution in [0, 0.1) is 16.4 Å². The van der Waals surface area contributed by atoms with Crippen molar-refractivity contribution in [3.8, 4) is 0 Å². The van der Waals surface area contributed by atoms with Crippen LogP contribution in [0.2, 0.25) is 0 Å². The van der Waals surface area contributed by atoms with Gasteiger partial charge in [-0.1, -0.05) is 0 Å². The molecule has 20 heavy (non-hydrogen) atoms. The van der Waals surface area contributed by atoms with Gasteiger partial charge in [0.15, 0.2) is 16.4 Å². The number of nitrogens with one attached hydrogen (secondary N) is 2. The summed E-state index contributed by atoms with van der Waals surface area (Å²) in [6.07, 6.45) is 0.148. The highest BCUT2D eigenvalue weighted by Crippen LogP contribution is 2.20. The fraction of sp³-hybridized carbons (Fsp3) is 0.385. The predicted octanol–water partition coefficient (Wildman–Crippen LogP) is 2.89. The van der Waals surface area contributed by atoms with Crippen LogP contribution in [0.25, 0.3) is 11.0 Å². The van der Waals surface area contributed by atoms with Crippen LogP contribution in [0.4, 0.5) is 8.78 Å². The highest BCUT2D eigenvalue weighted by Gasteiger charge is 2.14. The average Bonchev–Trinajstić information content (AvgIpc) is 2.67.